The molecule has 1 aromatic heterocycles. The summed E-state index contributed by atoms with van der Waals surface area (Å²) in [6, 6.07) is 0. The van der Waals surface area contributed by atoms with Gasteiger partial charge in [-0.3, -0.25) is 4.79 Å². The van der Waals surface area contributed by atoms with Crippen molar-refractivity contribution in [1.29, 1.82) is 0 Å². The van der Waals surface area contributed by atoms with Crippen LogP contribution in [-0.2, 0) is 0 Å². The summed E-state index contributed by atoms with van der Waals surface area (Å²) in [6.07, 6.45) is 3.77. The van der Waals surface area contributed by atoms with Gasteiger partial charge in [0.2, 0.25) is 0 Å². The maximum absolute atomic E-state index is 11.3. The van der Waals surface area contributed by atoms with E-state index in [1.807, 2.05) is 6.26 Å². The zero-order valence-electron chi connectivity index (χ0n) is 7.57. The molecule has 0 saturated heterocycles. The molecule has 0 aliphatic rings. The average molecular weight is 197 g/mol. The van der Waals surface area contributed by atoms with Gasteiger partial charge in [0.25, 0.3) is 0 Å². The number of thioether (sulfide) groups is 1. The van der Waals surface area contributed by atoms with Gasteiger partial charge in [-0.05, 0) is 6.26 Å². The van der Waals surface area contributed by atoms with Crippen molar-refractivity contribution in [2.24, 2.45) is 0 Å². The van der Waals surface area contributed by atoms with Gasteiger partial charge in [0, 0.05) is 12.6 Å². The number of hydrogen-bond acceptors (Lipinski definition) is 5. The fourth-order valence-electron chi connectivity index (χ4n) is 0.882. The van der Waals surface area contributed by atoms with Crippen LogP contribution in [0.25, 0.3) is 0 Å². The first kappa shape index (κ1) is 9.98. The summed E-state index contributed by atoms with van der Waals surface area (Å²) in [5.74, 6) is 0.247. The summed E-state index contributed by atoms with van der Waals surface area (Å²) in [5, 5.41) is 0.588. The summed E-state index contributed by atoms with van der Waals surface area (Å²) < 4.78 is 0. The lowest BCUT2D eigenvalue weighted by atomic mass is 10.1. The van der Waals surface area contributed by atoms with Crippen LogP contribution in [0.3, 0.4) is 0 Å². The largest absolute Gasteiger partial charge is 0.383 e. The van der Waals surface area contributed by atoms with Crippen LogP contribution in [0.1, 0.15) is 23.7 Å². The second-order valence-corrected chi connectivity index (χ2v) is 3.21. The van der Waals surface area contributed by atoms with Gasteiger partial charge in [0.05, 0.1) is 5.56 Å². The van der Waals surface area contributed by atoms with Gasteiger partial charge in [0.1, 0.15) is 5.82 Å². The monoisotopic (exact) mass is 197 g/mol. The molecule has 2 N–H and O–H groups in total. The zero-order valence-corrected chi connectivity index (χ0v) is 8.39. The van der Waals surface area contributed by atoms with Gasteiger partial charge in [-0.15, -0.1) is 0 Å². The Bertz CT molecular complexity index is 327. The van der Waals surface area contributed by atoms with E-state index in [-0.39, 0.29) is 11.6 Å². The van der Waals surface area contributed by atoms with Crippen LogP contribution in [0.15, 0.2) is 11.4 Å². The summed E-state index contributed by atoms with van der Waals surface area (Å²) >= 11 is 1.40. The first-order valence-electron chi connectivity index (χ1n) is 3.88. The fraction of sp³-hybridized carbons (Fsp3) is 0.375. The molecule has 0 aliphatic heterocycles. The molecule has 70 valence electrons. The third-order valence-corrected chi connectivity index (χ3v) is 2.16. The summed E-state index contributed by atoms with van der Waals surface area (Å²) in [7, 11) is 0. The Hall–Kier alpha value is -1.10. The van der Waals surface area contributed by atoms with Crippen molar-refractivity contribution in [2.45, 2.75) is 18.5 Å². The number of rotatable bonds is 3. The molecule has 5 heteroatoms. The van der Waals surface area contributed by atoms with Crippen molar-refractivity contribution in [1.82, 2.24) is 9.97 Å². The van der Waals surface area contributed by atoms with Gasteiger partial charge in [0.15, 0.2) is 10.9 Å². The van der Waals surface area contributed by atoms with Crippen LogP contribution in [-0.4, -0.2) is 22.0 Å². The van der Waals surface area contributed by atoms with Crippen molar-refractivity contribution in [2.75, 3.05) is 12.0 Å². The van der Waals surface area contributed by atoms with E-state index in [1.54, 1.807) is 6.92 Å². The predicted molar refractivity (Wildman–Crippen MR) is 52.8 cm³/mol. The molecule has 0 saturated carbocycles. The van der Waals surface area contributed by atoms with E-state index in [9.17, 15) is 4.79 Å². The number of aromatic nitrogens is 2. The molecule has 0 unspecified atom stereocenters. The molecule has 1 aromatic rings. The number of nitrogens with zero attached hydrogens (tertiary/aromatic N) is 2. The quantitative estimate of drug-likeness (QED) is 0.450. The van der Waals surface area contributed by atoms with E-state index in [2.05, 4.69) is 9.97 Å². The summed E-state index contributed by atoms with van der Waals surface area (Å²) in [6.45, 7) is 1.78. The number of anilines is 1. The number of hydrogen-bond donors (Lipinski definition) is 1. The number of nitrogens with two attached hydrogens (primary N) is 1. The molecule has 0 bridgehead atoms. The van der Waals surface area contributed by atoms with Crippen molar-refractivity contribution in [3.63, 3.8) is 0 Å². The lowest BCUT2D eigenvalue weighted by molar-refractivity contribution is 0.0988. The fourth-order valence-corrected chi connectivity index (χ4v) is 1.23. The third-order valence-electron chi connectivity index (χ3n) is 1.60. The second kappa shape index (κ2) is 4.23. The minimum Gasteiger partial charge on any atom is -0.383 e. The first-order valence-corrected chi connectivity index (χ1v) is 5.11. The lowest BCUT2D eigenvalue weighted by Gasteiger charge is -2.02. The minimum atomic E-state index is -0.0230. The van der Waals surface area contributed by atoms with E-state index < -0.39 is 0 Å². The zero-order chi connectivity index (χ0) is 9.84. The number of Topliss-reactive ketones (excluding diaryl/α,β-unsaturated/α-hetero) is 1. The SMILES string of the molecule is CCC(=O)c1cnc(SC)nc1N. The lowest BCUT2D eigenvalue weighted by Crippen LogP contribution is -2.06. The second-order valence-electron chi connectivity index (χ2n) is 2.43. The Labute approximate surface area is 81.0 Å². The Kier molecular flexibility index (Phi) is 3.25. The molecule has 0 fully saturated rings. The van der Waals surface area contributed by atoms with Crippen LogP contribution in [0.4, 0.5) is 5.82 Å². The normalized spacial score (nSPS) is 10.0. The van der Waals surface area contributed by atoms with Crippen LogP contribution < -0.4 is 5.73 Å². The highest BCUT2D eigenvalue weighted by atomic mass is 32.2. The van der Waals surface area contributed by atoms with Gasteiger partial charge in [-0.1, -0.05) is 18.7 Å². The maximum atomic E-state index is 11.3. The highest BCUT2D eigenvalue weighted by Gasteiger charge is 2.09. The van der Waals surface area contributed by atoms with E-state index in [1.165, 1.54) is 18.0 Å². The van der Waals surface area contributed by atoms with Gasteiger partial charge in [-0.25, -0.2) is 9.97 Å². The van der Waals surface area contributed by atoms with Crippen molar-refractivity contribution >= 4 is 23.4 Å². The molecule has 4 nitrogen and oxygen atoms in total. The molecule has 0 atom stereocenters. The molecule has 0 aromatic carbocycles. The Morgan fingerprint density at radius 2 is 2.38 bits per heavy atom. The molecule has 0 spiro atoms. The standard InChI is InChI=1S/C8H11N3OS/c1-3-6(12)5-4-10-8(13-2)11-7(5)9/h4H,3H2,1-2H3,(H2,9,10,11). The number of ketones is 1. The Balaban J connectivity index is 3.05. The average Bonchev–Trinajstić information content (AvgIpc) is 2.16. The smallest absolute Gasteiger partial charge is 0.189 e. The molecule has 0 aliphatic carbocycles. The topological polar surface area (TPSA) is 68.9 Å². The van der Waals surface area contributed by atoms with Gasteiger partial charge >= 0.3 is 0 Å². The molecular formula is C8H11N3OS. The van der Waals surface area contributed by atoms with Gasteiger partial charge in [-0.2, -0.15) is 0 Å². The summed E-state index contributed by atoms with van der Waals surface area (Å²) in [5.41, 5.74) is 6.01. The molecule has 1 rings (SSSR count). The van der Waals surface area contributed by atoms with Crippen molar-refractivity contribution in [3.8, 4) is 0 Å². The molecular weight excluding hydrogens is 186 g/mol. The summed E-state index contributed by atoms with van der Waals surface area (Å²) in [4.78, 5) is 19.2. The first-order chi connectivity index (χ1) is 6.19. The maximum Gasteiger partial charge on any atom is 0.189 e. The van der Waals surface area contributed by atoms with E-state index in [0.29, 0.717) is 17.1 Å². The molecule has 0 radical (unpaired) electrons. The Morgan fingerprint density at radius 3 is 2.85 bits per heavy atom. The molecule has 13 heavy (non-hydrogen) atoms. The third kappa shape index (κ3) is 2.18. The number of carbonyl (C=O) groups is 1. The number of nitrogen functional groups attached to an aromatic ring is 1. The Morgan fingerprint density at radius 1 is 1.69 bits per heavy atom. The molecule has 1 heterocycles. The van der Waals surface area contributed by atoms with E-state index >= 15 is 0 Å². The van der Waals surface area contributed by atoms with Crippen LogP contribution >= 0.6 is 11.8 Å². The predicted octanol–water partition coefficient (Wildman–Crippen LogP) is 1.37. The minimum absolute atomic E-state index is 0.0230. The van der Waals surface area contributed by atoms with Crippen molar-refractivity contribution < 1.29 is 4.79 Å². The van der Waals surface area contributed by atoms with E-state index in [4.69, 9.17) is 5.73 Å². The van der Waals surface area contributed by atoms with Crippen LogP contribution in [0, 0.1) is 0 Å². The van der Waals surface area contributed by atoms with Crippen LogP contribution in [0.2, 0.25) is 0 Å². The van der Waals surface area contributed by atoms with Crippen molar-refractivity contribution in [3.05, 3.63) is 11.8 Å². The van der Waals surface area contributed by atoms with E-state index in [0.717, 1.165) is 0 Å². The molecule has 0 amide bonds. The highest BCUT2D eigenvalue weighted by Crippen LogP contribution is 2.14. The number of carbonyl (C=O) groups excluding carboxylic acids is 1. The van der Waals surface area contributed by atoms with Crippen LogP contribution in [0.5, 0.6) is 0 Å². The van der Waals surface area contributed by atoms with Gasteiger partial charge < -0.3 is 5.73 Å². The highest BCUT2D eigenvalue weighted by molar-refractivity contribution is 7.98.